The Morgan fingerprint density at radius 2 is 1.13 bits per heavy atom. The molecule has 8 rings (SSSR count). The third-order valence-corrected chi connectivity index (χ3v) is 7.86. The predicted octanol–water partition coefficient (Wildman–Crippen LogP) is 10.2. The summed E-state index contributed by atoms with van der Waals surface area (Å²) in [5.41, 5.74) is 11.8. The van der Waals surface area contributed by atoms with Crippen molar-refractivity contribution >= 4 is 21.8 Å². The average molecular weight is 500 g/mol. The fourth-order valence-corrected chi connectivity index (χ4v) is 6.03. The van der Waals surface area contributed by atoms with Crippen LogP contribution in [-0.2, 0) is 0 Å². The molecule has 39 heavy (non-hydrogen) atoms. The van der Waals surface area contributed by atoms with Crippen LogP contribution in [0.15, 0.2) is 133 Å². The minimum atomic E-state index is 0.875. The number of para-hydroxylation sites is 1. The number of aryl methyl sites for hydroxylation is 1. The third-order valence-electron chi connectivity index (χ3n) is 7.86. The quantitative estimate of drug-likeness (QED) is 0.231. The number of fused-ring (bicyclic) bond motifs is 8. The van der Waals surface area contributed by atoms with Crippen molar-refractivity contribution in [3.63, 3.8) is 0 Å². The molecule has 7 aromatic rings. The molecule has 1 aromatic heterocycles. The van der Waals surface area contributed by atoms with Crippen LogP contribution >= 0.6 is 0 Å². The lowest BCUT2D eigenvalue weighted by Crippen LogP contribution is -1.96. The molecule has 2 heterocycles. The molecule has 0 fully saturated rings. The van der Waals surface area contributed by atoms with Crippen molar-refractivity contribution in [2.24, 2.45) is 0 Å². The van der Waals surface area contributed by atoms with E-state index in [-0.39, 0.29) is 0 Å². The molecule has 0 saturated heterocycles. The standard InChI is InChI=1S/C37H25NO/c1-24-15-19-36-32(21-24)28-11-5-6-12-29(28)33-23-27(17-20-37(33)39-36)38-34-14-8-7-13-30(34)31-18-16-26(22-35(31)38)25-9-3-2-4-10-25/h2-23H,1H3. The Labute approximate surface area is 227 Å². The minimum absolute atomic E-state index is 0.875. The van der Waals surface area contributed by atoms with Gasteiger partial charge in [-0.2, -0.15) is 0 Å². The molecule has 1 aliphatic heterocycles. The molecule has 0 amide bonds. The van der Waals surface area contributed by atoms with E-state index in [0.29, 0.717) is 0 Å². The lowest BCUT2D eigenvalue weighted by atomic mass is 9.93. The van der Waals surface area contributed by atoms with Crippen molar-refractivity contribution in [2.75, 3.05) is 0 Å². The zero-order chi connectivity index (χ0) is 25.9. The molecule has 0 bridgehead atoms. The van der Waals surface area contributed by atoms with Gasteiger partial charge in [-0.3, -0.25) is 0 Å². The zero-order valence-electron chi connectivity index (χ0n) is 21.6. The van der Waals surface area contributed by atoms with E-state index in [1.807, 2.05) is 0 Å². The summed E-state index contributed by atoms with van der Waals surface area (Å²) in [6.45, 7) is 2.13. The molecule has 0 atom stereocenters. The predicted molar refractivity (Wildman–Crippen MR) is 162 cm³/mol. The van der Waals surface area contributed by atoms with Gasteiger partial charge in [0.25, 0.3) is 0 Å². The molecule has 1 aliphatic rings. The Morgan fingerprint density at radius 3 is 1.95 bits per heavy atom. The van der Waals surface area contributed by atoms with Gasteiger partial charge in [0.05, 0.1) is 11.0 Å². The topological polar surface area (TPSA) is 14.2 Å². The first-order valence-corrected chi connectivity index (χ1v) is 13.4. The highest BCUT2D eigenvalue weighted by Gasteiger charge is 2.22. The molecule has 2 heteroatoms. The van der Waals surface area contributed by atoms with Gasteiger partial charge in [0.1, 0.15) is 11.5 Å². The number of hydrogen-bond acceptors (Lipinski definition) is 1. The van der Waals surface area contributed by atoms with Gasteiger partial charge in [-0.1, -0.05) is 96.6 Å². The summed E-state index contributed by atoms with van der Waals surface area (Å²) in [4.78, 5) is 0. The van der Waals surface area contributed by atoms with Crippen LogP contribution in [0.1, 0.15) is 5.56 Å². The number of hydrogen-bond donors (Lipinski definition) is 0. The van der Waals surface area contributed by atoms with Gasteiger partial charge in [-0.25, -0.2) is 0 Å². The van der Waals surface area contributed by atoms with Gasteiger partial charge in [0.15, 0.2) is 0 Å². The third kappa shape index (κ3) is 3.42. The van der Waals surface area contributed by atoms with Gasteiger partial charge in [0.2, 0.25) is 0 Å². The molecule has 0 N–H and O–H groups in total. The maximum Gasteiger partial charge on any atom is 0.135 e. The van der Waals surface area contributed by atoms with Crippen LogP contribution in [0.4, 0.5) is 0 Å². The second-order valence-electron chi connectivity index (χ2n) is 10.3. The Morgan fingerprint density at radius 1 is 0.462 bits per heavy atom. The fraction of sp³-hybridized carbons (Fsp3) is 0.0270. The first kappa shape index (κ1) is 22.0. The van der Waals surface area contributed by atoms with Crippen LogP contribution in [0.25, 0.3) is 60.9 Å². The first-order valence-electron chi connectivity index (χ1n) is 13.4. The largest absolute Gasteiger partial charge is 0.456 e. The molecule has 2 nitrogen and oxygen atoms in total. The van der Waals surface area contributed by atoms with E-state index >= 15 is 0 Å². The fourth-order valence-electron chi connectivity index (χ4n) is 6.03. The number of rotatable bonds is 2. The number of benzene rings is 6. The van der Waals surface area contributed by atoms with Crippen LogP contribution in [0, 0.1) is 6.92 Å². The van der Waals surface area contributed by atoms with Crippen molar-refractivity contribution in [1.82, 2.24) is 4.57 Å². The molecule has 6 aromatic carbocycles. The van der Waals surface area contributed by atoms with Crippen LogP contribution in [0.5, 0.6) is 11.5 Å². The lowest BCUT2D eigenvalue weighted by Gasteiger charge is -2.14. The van der Waals surface area contributed by atoms with Gasteiger partial charge in [-0.15, -0.1) is 0 Å². The van der Waals surface area contributed by atoms with E-state index < -0.39 is 0 Å². The van der Waals surface area contributed by atoms with Gasteiger partial charge >= 0.3 is 0 Å². The van der Waals surface area contributed by atoms with E-state index in [1.54, 1.807) is 0 Å². The van der Waals surface area contributed by atoms with E-state index in [2.05, 4.69) is 145 Å². The highest BCUT2D eigenvalue weighted by molar-refractivity contribution is 6.10. The van der Waals surface area contributed by atoms with Crippen LogP contribution < -0.4 is 4.74 Å². The zero-order valence-corrected chi connectivity index (χ0v) is 21.6. The summed E-state index contributed by atoms with van der Waals surface area (Å²) in [5, 5.41) is 2.50. The number of aromatic nitrogens is 1. The maximum atomic E-state index is 6.55. The van der Waals surface area contributed by atoms with Gasteiger partial charge in [-0.05, 0) is 71.6 Å². The van der Waals surface area contributed by atoms with Crippen molar-refractivity contribution in [1.29, 1.82) is 0 Å². The average Bonchev–Trinajstić information content (AvgIpc) is 3.25. The second-order valence-corrected chi connectivity index (χ2v) is 10.3. The monoisotopic (exact) mass is 499 g/mol. The van der Waals surface area contributed by atoms with Crippen molar-refractivity contribution in [3.05, 3.63) is 139 Å². The van der Waals surface area contributed by atoms with E-state index in [9.17, 15) is 0 Å². The first-order chi connectivity index (χ1) is 19.2. The molecule has 0 aliphatic carbocycles. The van der Waals surface area contributed by atoms with Crippen molar-refractivity contribution in [3.8, 4) is 50.6 Å². The second kappa shape index (κ2) is 8.47. The molecule has 0 saturated carbocycles. The normalized spacial score (nSPS) is 11.9. The summed E-state index contributed by atoms with van der Waals surface area (Å²) < 4.78 is 8.95. The Balaban J connectivity index is 1.40. The molecular formula is C37H25NO. The van der Waals surface area contributed by atoms with Crippen LogP contribution in [0.3, 0.4) is 0 Å². The van der Waals surface area contributed by atoms with Crippen LogP contribution in [-0.4, -0.2) is 4.57 Å². The summed E-state index contributed by atoms with van der Waals surface area (Å²) in [7, 11) is 0. The van der Waals surface area contributed by atoms with E-state index in [0.717, 1.165) is 28.3 Å². The smallest absolute Gasteiger partial charge is 0.135 e. The summed E-state index contributed by atoms with van der Waals surface area (Å²) in [6.07, 6.45) is 0. The van der Waals surface area contributed by atoms with Gasteiger partial charge in [0, 0.05) is 27.6 Å². The summed E-state index contributed by atoms with van der Waals surface area (Å²) in [5.74, 6) is 1.77. The Kier molecular flexibility index (Phi) is 4.77. The highest BCUT2D eigenvalue weighted by Crippen LogP contribution is 2.48. The molecule has 184 valence electrons. The summed E-state index contributed by atoms with van der Waals surface area (Å²) >= 11 is 0. The maximum absolute atomic E-state index is 6.55. The molecular weight excluding hydrogens is 474 g/mol. The van der Waals surface area contributed by atoms with Crippen molar-refractivity contribution < 1.29 is 4.74 Å². The molecule has 0 radical (unpaired) electrons. The van der Waals surface area contributed by atoms with Crippen molar-refractivity contribution in [2.45, 2.75) is 6.92 Å². The van der Waals surface area contributed by atoms with Gasteiger partial charge < -0.3 is 9.30 Å². The van der Waals surface area contributed by atoms with Crippen LogP contribution in [0.2, 0.25) is 0 Å². The summed E-state index contributed by atoms with van der Waals surface area (Å²) in [6, 6.07) is 47.7. The number of nitrogens with zero attached hydrogens (tertiary/aromatic N) is 1. The van der Waals surface area contributed by atoms with E-state index in [1.165, 1.54) is 49.6 Å². The SMILES string of the molecule is Cc1ccc2c(c1)-c1ccccc1-c1cc(-n3c4ccccc4c4ccc(-c5ccccc5)cc43)ccc1O2. The Bertz CT molecular complexity index is 2050. The lowest BCUT2D eigenvalue weighted by molar-refractivity contribution is 0.487. The minimum Gasteiger partial charge on any atom is -0.456 e. The molecule has 0 spiro atoms. The number of ether oxygens (including phenoxy) is 1. The highest BCUT2D eigenvalue weighted by atomic mass is 16.5. The Hall–Kier alpha value is -5.08. The van der Waals surface area contributed by atoms with E-state index in [4.69, 9.17) is 4.74 Å². The molecule has 0 unspecified atom stereocenters.